The van der Waals surface area contributed by atoms with Crippen molar-refractivity contribution in [3.63, 3.8) is 0 Å². The van der Waals surface area contributed by atoms with Crippen molar-refractivity contribution >= 4 is 17.2 Å². The number of aryl methyl sites for hydroxylation is 1. The summed E-state index contributed by atoms with van der Waals surface area (Å²) in [6.07, 6.45) is 0. The van der Waals surface area contributed by atoms with Crippen molar-refractivity contribution in [2.75, 3.05) is 0 Å². The number of hydrogen-bond donors (Lipinski definition) is 1. The average Bonchev–Trinajstić information content (AvgIpc) is 2.92. The first-order valence-corrected chi connectivity index (χ1v) is 7.47. The molecule has 2 aromatic rings. The molecule has 20 heavy (non-hydrogen) atoms. The lowest BCUT2D eigenvalue weighted by atomic mass is 10.0. The molecule has 1 amide bonds. The summed E-state index contributed by atoms with van der Waals surface area (Å²) in [4.78, 5) is 13.4. The van der Waals surface area contributed by atoms with Gasteiger partial charge in [0.2, 0.25) is 0 Å². The Kier molecular flexibility index (Phi) is 4.55. The van der Waals surface area contributed by atoms with Gasteiger partial charge in [0.15, 0.2) is 0 Å². The van der Waals surface area contributed by atoms with E-state index >= 15 is 0 Å². The van der Waals surface area contributed by atoms with Crippen molar-refractivity contribution in [1.29, 1.82) is 0 Å². The predicted octanol–water partition coefficient (Wildman–Crippen LogP) is 4.32. The Labute approximate surface area is 122 Å². The van der Waals surface area contributed by atoms with Crippen LogP contribution in [0.1, 0.15) is 40.7 Å². The fraction of sp³-hybridized carbons (Fsp3) is 0.312. The van der Waals surface area contributed by atoms with Crippen LogP contribution in [0.25, 0.3) is 0 Å². The topological polar surface area (TPSA) is 29.1 Å². The maximum absolute atomic E-state index is 13.5. The van der Waals surface area contributed by atoms with Crippen LogP contribution < -0.4 is 5.32 Å². The molecule has 1 heterocycles. The number of benzene rings is 1. The van der Waals surface area contributed by atoms with Crippen molar-refractivity contribution in [3.05, 3.63) is 57.5 Å². The van der Waals surface area contributed by atoms with E-state index in [0.717, 1.165) is 4.88 Å². The van der Waals surface area contributed by atoms with Crippen molar-refractivity contribution in [3.8, 4) is 0 Å². The van der Waals surface area contributed by atoms with Gasteiger partial charge >= 0.3 is 0 Å². The number of hydrogen-bond acceptors (Lipinski definition) is 2. The molecule has 0 unspecified atom stereocenters. The molecule has 0 aliphatic heterocycles. The number of amides is 1. The number of nitrogens with one attached hydrogen (secondary N) is 1. The molecular formula is C16H18FNOS. The predicted molar refractivity (Wildman–Crippen MR) is 80.5 cm³/mol. The first-order valence-electron chi connectivity index (χ1n) is 6.59. The summed E-state index contributed by atoms with van der Waals surface area (Å²) in [5.41, 5.74) is 0.899. The van der Waals surface area contributed by atoms with Crippen LogP contribution in [-0.2, 0) is 0 Å². The molecule has 4 heteroatoms. The summed E-state index contributed by atoms with van der Waals surface area (Å²) in [5, 5.41) is 4.98. The number of carbonyl (C=O) groups excluding carboxylic acids is 1. The third kappa shape index (κ3) is 3.25. The summed E-state index contributed by atoms with van der Waals surface area (Å²) in [7, 11) is 0. The van der Waals surface area contributed by atoms with E-state index in [4.69, 9.17) is 0 Å². The van der Waals surface area contributed by atoms with Crippen LogP contribution in [0, 0.1) is 18.7 Å². The number of thiophene rings is 1. The fourth-order valence-corrected chi connectivity index (χ4v) is 2.94. The van der Waals surface area contributed by atoms with E-state index in [-0.39, 0.29) is 23.7 Å². The van der Waals surface area contributed by atoms with Gasteiger partial charge in [0.25, 0.3) is 5.91 Å². The Bertz CT molecular complexity index is 593. The van der Waals surface area contributed by atoms with Crippen LogP contribution in [0.5, 0.6) is 0 Å². The third-order valence-corrected chi connectivity index (χ3v) is 4.19. The summed E-state index contributed by atoms with van der Waals surface area (Å²) >= 11 is 1.61. The van der Waals surface area contributed by atoms with E-state index in [1.165, 1.54) is 6.07 Å². The highest BCUT2D eigenvalue weighted by molar-refractivity contribution is 7.10. The molecule has 2 nitrogen and oxygen atoms in total. The normalized spacial score (nSPS) is 12.4. The lowest BCUT2D eigenvalue weighted by Crippen LogP contribution is -2.31. The highest BCUT2D eigenvalue weighted by atomic mass is 32.1. The minimum absolute atomic E-state index is 0.0492. The molecule has 1 atom stereocenters. The Balaban J connectivity index is 2.18. The number of carbonyl (C=O) groups is 1. The molecule has 1 aromatic heterocycles. The van der Waals surface area contributed by atoms with Gasteiger partial charge in [0, 0.05) is 10.4 Å². The van der Waals surface area contributed by atoms with Crippen LogP contribution in [0.2, 0.25) is 0 Å². The molecule has 0 aliphatic rings. The standard InChI is InChI=1S/C16H18FNOS/c1-10(2)15(14-5-4-8-20-14)18-16(19)12-7-6-11(3)13(17)9-12/h4-10,15H,1-3H3,(H,18,19)/t15-/m1/s1. The highest BCUT2D eigenvalue weighted by Gasteiger charge is 2.20. The second-order valence-electron chi connectivity index (χ2n) is 5.17. The summed E-state index contributed by atoms with van der Waals surface area (Å²) in [6, 6.07) is 8.49. The smallest absolute Gasteiger partial charge is 0.251 e. The van der Waals surface area contributed by atoms with Crippen molar-refractivity contribution in [2.45, 2.75) is 26.8 Å². The molecule has 1 aromatic carbocycles. The summed E-state index contributed by atoms with van der Waals surface area (Å²) in [6.45, 7) is 5.79. The summed E-state index contributed by atoms with van der Waals surface area (Å²) < 4.78 is 13.5. The lowest BCUT2D eigenvalue weighted by Gasteiger charge is -2.21. The van der Waals surface area contributed by atoms with Gasteiger partial charge in [-0.25, -0.2) is 4.39 Å². The van der Waals surface area contributed by atoms with Gasteiger partial charge in [0.05, 0.1) is 6.04 Å². The van der Waals surface area contributed by atoms with Gasteiger partial charge < -0.3 is 5.32 Å². The van der Waals surface area contributed by atoms with Crippen LogP contribution in [0.4, 0.5) is 4.39 Å². The fourth-order valence-electron chi connectivity index (χ4n) is 1.99. The summed E-state index contributed by atoms with van der Waals surface area (Å²) in [5.74, 6) is -0.321. The maximum Gasteiger partial charge on any atom is 0.251 e. The van der Waals surface area contributed by atoms with Gasteiger partial charge in [-0.3, -0.25) is 4.79 Å². The van der Waals surface area contributed by atoms with E-state index in [1.807, 2.05) is 17.5 Å². The van der Waals surface area contributed by atoms with Gasteiger partial charge in [-0.15, -0.1) is 11.3 Å². The molecule has 0 aliphatic carbocycles. The average molecular weight is 291 g/mol. The Morgan fingerprint density at radius 3 is 2.60 bits per heavy atom. The molecule has 1 N–H and O–H groups in total. The largest absolute Gasteiger partial charge is 0.344 e. The van der Waals surface area contributed by atoms with Gasteiger partial charge in [-0.2, -0.15) is 0 Å². The lowest BCUT2D eigenvalue weighted by molar-refractivity contribution is 0.0926. The van der Waals surface area contributed by atoms with Crippen LogP contribution in [0.3, 0.4) is 0 Å². The quantitative estimate of drug-likeness (QED) is 0.893. The molecule has 106 valence electrons. The van der Waals surface area contributed by atoms with E-state index in [9.17, 15) is 9.18 Å². The van der Waals surface area contributed by atoms with Crippen molar-refractivity contribution in [2.24, 2.45) is 5.92 Å². The second-order valence-corrected chi connectivity index (χ2v) is 6.15. The van der Waals surface area contributed by atoms with Crippen LogP contribution >= 0.6 is 11.3 Å². The van der Waals surface area contributed by atoms with E-state index in [1.54, 1.807) is 30.4 Å². The molecule has 2 rings (SSSR count). The van der Waals surface area contributed by atoms with E-state index in [2.05, 4.69) is 19.2 Å². The molecule has 0 bridgehead atoms. The monoisotopic (exact) mass is 291 g/mol. The van der Waals surface area contributed by atoms with Crippen molar-refractivity contribution < 1.29 is 9.18 Å². The molecule has 0 saturated heterocycles. The molecule has 0 radical (unpaired) electrons. The van der Waals surface area contributed by atoms with E-state index in [0.29, 0.717) is 11.1 Å². The van der Waals surface area contributed by atoms with E-state index < -0.39 is 0 Å². The Morgan fingerprint density at radius 1 is 1.30 bits per heavy atom. The molecule has 0 spiro atoms. The first kappa shape index (κ1) is 14.7. The van der Waals surface area contributed by atoms with Crippen molar-refractivity contribution in [1.82, 2.24) is 5.32 Å². The number of halogens is 1. The zero-order valence-electron chi connectivity index (χ0n) is 11.8. The van der Waals surface area contributed by atoms with Gasteiger partial charge in [0.1, 0.15) is 5.82 Å². The molecule has 0 saturated carbocycles. The van der Waals surface area contributed by atoms with Crippen LogP contribution in [-0.4, -0.2) is 5.91 Å². The zero-order valence-corrected chi connectivity index (χ0v) is 12.6. The van der Waals surface area contributed by atoms with Gasteiger partial charge in [-0.05, 0) is 42.0 Å². The zero-order chi connectivity index (χ0) is 14.7. The minimum atomic E-state index is -0.352. The van der Waals surface area contributed by atoms with Gasteiger partial charge in [-0.1, -0.05) is 26.0 Å². The minimum Gasteiger partial charge on any atom is -0.344 e. The third-order valence-electron chi connectivity index (χ3n) is 3.24. The molecule has 0 fully saturated rings. The number of rotatable bonds is 4. The van der Waals surface area contributed by atoms with Crippen LogP contribution in [0.15, 0.2) is 35.7 Å². The Hall–Kier alpha value is -1.68. The second kappa shape index (κ2) is 6.18. The SMILES string of the molecule is Cc1ccc(C(=O)N[C@@H](c2cccs2)C(C)C)cc1F. The maximum atomic E-state index is 13.5. The first-order chi connectivity index (χ1) is 9.49. The Morgan fingerprint density at radius 2 is 2.05 bits per heavy atom. The highest BCUT2D eigenvalue weighted by Crippen LogP contribution is 2.26. The molecular weight excluding hydrogens is 273 g/mol.